The van der Waals surface area contributed by atoms with Crippen LogP contribution in [0.4, 0.5) is 0 Å². The molecular weight excluding hydrogens is 86.1 g/mol. The zero-order valence-electron chi connectivity index (χ0n) is 5.95. The maximum atomic E-state index is 2.19. The Kier molecular flexibility index (Phi) is 1.82. The van der Waals surface area contributed by atoms with Crippen LogP contribution in [0.1, 0.15) is 22.2 Å². The van der Waals surface area contributed by atoms with Crippen LogP contribution >= 0.6 is 0 Å². The summed E-state index contributed by atoms with van der Waals surface area (Å²) >= 11 is 0. The lowest BCUT2D eigenvalue weighted by molar-refractivity contribution is 0.219. The standard InChI is InChI=1S/C6H15N.H2/c1-6(2,3)7(4)5;/h1-5H3;1H. The molecule has 0 N–H and O–H groups in total. The smallest absolute Gasteiger partial charge is 0.0118 e. The summed E-state index contributed by atoms with van der Waals surface area (Å²) in [5, 5.41) is 0. The van der Waals surface area contributed by atoms with E-state index in [-0.39, 0.29) is 1.43 Å². The van der Waals surface area contributed by atoms with Gasteiger partial charge in [0.05, 0.1) is 0 Å². The van der Waals surface area contributed by atoms with Crippen molar-refractivity contribution >= 4 is 0 Å². The van der Waals surface area contributed by atoms with Crippen molar-refractivity contribution in [3.63, 3.8) is 0 Å². The van der Waals surface area contributed by atoms with Gasteiger partial charge in [0.15, 0.2) is 0 Å². The van der Waals surface area contributed by atoms with Crippen molar-refractivity contribution in [2.45, 2.75) is 26.3 Å². The van der Waals surface area contributed by atoms with Gasteiger partial charge < -0.3 is 4.90 Å². The summed E-state index contributed by atoms with van der Waals surface area (Å²) in [6.07, 6.45) is 0. The number of nitrogens with zero attached hydrogens (tertiary/aromatic N) is 1. The summed E-state index contributed by atoms with van der Waals surface area (Å²) in [6.45, 7) is 6.56. The molecule has 7 heavy (non-hydrogen) atoms. The van der Waals surface area contributed by atoms with Crippen LogP contribution in [0.5, 0.6) is 0 Å². The topological polar surface area (TPSA) is 3.24 Å². The van der Waals surface area contributed by atoms with Crippen molar-refractivity contribution in [1.29, 1.82) is 0 Å². The lowest BCUT2D eigenvalue weighted by atomic mass is 10.1. The normalized spacial score (nSPS) is 12.9. The second kappa shape index (κ2) is 1.83. The van der Waals surface area contributed by atoms with E-state index in [4.69, 9.17) is 0 Å². The van der Waals surface area contributed by atoms with Gasteiger partial charge in [0.1, 0.15) is 0 Å². The van der Waals surface area contributed by atoms with E-state index in [1.54, 1.807) is 0 Å². The van der Waals surface area contributed by atoms with E-state index in [1.165, 1.54) is 0 Å². The fourth-order valence-electron chi connectivity index (χ4n) is 0. The number of hydrogen-bond donors (Lipinski definition) is 0. The molecule has 0 bridgehead atoms. The molecule has 0 saturated carbocycles. The predicted molar refractivity (Wildman–Crippen MR) is 35.6 cm³/mol. The van der Waals surface area contributed by atoms with Crippen molar-refractivity contribution in [1.82, 2.24) is 4.90 Å². The highest BCUT2D eigenvalue weighted by Crippen LogP contribution is 2.05. The molecule has 0 radical (unpaired) electrons. The maximum Gasteiger partial charge on any atom is 0.0118 e. The second-order valence-corrected chi connectivity index (χ2v) is 3.07. The van der Waals surface area contributed by atoms with Gasteiger partial charge in [-0.15, -0.1) is 0 Å². The molecule has 46 valence electrons. The van der Waals surface area contributed by atoms with Crippen LogP contribution in [0.25, 0.3) is 0 Å². The third-order valence-corrected chi connectivity index (χ3v) is 1.34. The van der Waals surface area contributed by atoms with Crippen molar-refractivity contribution in [3.05, 3.63) is 0 Å². The Balaban J connectivity index is 0. The molecule has 1 nitrogen and oxygen atoms in total. The molecule has 0 atom stereocenters. The molecule has 0 aromatic heterocycles. The summed E-state index contributed by atoms with van der Waals surface area (Å²) < 4.78 is 0. The van der Waals surface area contributed by atoms with Gasteiger partial charge in [-0.25, -0.2) is 0 Å². The van der Waals surface area contributed by atoms with Crippen molar-refractivity contribution in [2.75, 3.05) is 14.1 Å². The second-order valence-electron chi connectivity index (χ2n) is 3.07. The largest absolute Gasteiger partial charge is 0.305 e. The number of rotatable bonds is 0. The summed E-state index contributed by atoms with van der Waals surface area (Å²) in [4.78, 5) is 2.19. The van der Waals surface area contributed by atoms with Crippen molar-refractivity contribution in [2.24, 2.45) is 0 Å². The van der Waals surface area contributed by atoms with E-state index < -0.39 is 0 Å². The van der Waals surface area contributed by atoms with E-state index in [9.17, 15) is 0 Å². The van der Waals surface area contributed by atoms with Crippen LogP contribution < -0.4 is 0 Å². The highest BCUT2D eigenvalue weighted by molar-refractivity contribution is 4.67. The predicted octanol–water partition coefficient (Wildman–Crippen LogP) is 1.59. The first-order valence-corrected chi connectivity index (χ1v) is 2.62. The lowest BCUT2D eigenvalue weighted by Gasteiger charge is -2.27. The number of hydrogen-bond acceptors (Lipinski definition) is 1. The van der Waals surface area contributed by atoms with Gasteiger partial charge in [0, 0.05) is 6.97 Å². The molecule has 0 aromatic rings. The molecule has 0 spiro atoms. The minimum atomic E-state index is 0. The summed E-state index contributed by atoms with van der Waals surface area (Å²) in [6, 6.07) is 0. The van der Waals surface area contributed by atoms with E-state index in [0.29, 0.717) is 5.54 Å². The Morgan fingerprint density at radius 2 is 1.29 bits per heavy atom. The highest BCUT2D eigenvalue weighted by Gasteiger charge is 2.10. The van der Waals surface area contributed by atoms with Crippen LogP contribution in [-0.2, 0) is 0 Å². The first-order valence-electron chi connectivity index (χ1n) is 2.62. The van der Waals surface area contributed by atoms with E-state index >= 15 is 0 Å². The Labute approximate surface area is 47.8 Å². The highest BCUT2D eigenvalue weighted by atomic mass is 15.1. The average molecular weight is 103 g/mol. The zero-order valence-corrected chi connectivity index (χ0v) is 5.95. The van der Waals surface area contributed by atoms with E-state index in [0.717, 1.165) is 0 Å². The summed E-state index contributed by atoms with van der Waals surface area (Å²) in [5.41, 5.74) is 0.333. The van der Waals surface area contributed by atoms with Gasteiger partial charge in [0.2, 0.25) is 0 Å². The van der Waals surface area contributed by atoms with Gasteiger partial charge in [-0.3, -0.25) is 0 Å². The molecule has 0 unspecified atom stereocenters. The molecule has 0 aliphatic rings. The molecule has 0 saturated heterocycles. The third kappa shape index (κ3) is 2.63. The first kappa shape index (κ1) is 6.96. The van der Waals surface area contributed by atoms with Gasteiger partial charge >= 0.3 is 0 Å². The van der Waals surface area contributed by atoms with Crippen molar-refractivity contribution < 1.29 is 1.43 Å². The monoisotopic (exact) mass is 103 g/mol. The maximum absolute atomic E-state index is 2.19. The van der Waals surface area contributed by atoms with Crippen LogP contribution in [0.3, 0.4) is 0 Å². The van der Waals surface area contributed by atoms with Gasteiger partial charge in [-0.05, 0) is 34.9 Å². The Hall–Kier alpha value is -0.0400. The molecule has 0 rings (SSSR count). The minimum absolute atomic E-state index is 0. The van der Waals surface area contributed by atoms with Crippen molar-refractivity contribution in [3.8, 4) is 0 Å². The average Bonchev–Trinajstić information content (AvgIpc) is 1.31. The first-order chi connectivity index (χ1) is 2.94. The van der Waals surface area contributed by atoms with E-state index in [2.05, 4.69) is 39.8 Å². The van der Waals surface area contributed by atoms with Gasteiger partial charge in [0.25, 0.3) is 0 Å². The summed E-state index contributed by atoms with van der Waals surface area (Å²) in [5.74, 6) is 0. The molecule has 0 amide bonds. The zero-order chi connectivity index (χ0) is 6.08. The Morgan fingerprint density at radius 1 is 1.14 bits per heavy atom. The van der Waals surface area contributed by atoms with Crippen LogP contribution in [-0.4, -0.2) is 24.5 Å². The SMILES string of the molecule is CN(C)C(C)(C)C.[HH]. The third-order valence-electron chi connectivity index (χ3n) is 1.34. The quantitative estimate of drug-likeness (QED) is 0.450. The fourth-order valence-corrected chi connectivity index (χ4v) is 0. The molecule has 0 heterocycles. The van der Waals surface area contributed by atoms with Gasteiger partial charge in [-0.2, -0.15) is 0 Å². The fraction of sp³-hybridized carbons (Fsp3) is 1.00. The minimum Gasteiger partial charge on any atom is -0.305 e. The molecule has 0 aliphatic carbocycles. The van der Waals surface area contributed by atoms with Crippen LogP contribution in [0.15, 0.2) is 0 Å². The lowest BCUT2D eigenvalue weighted by Crippen LogP contribution is -2.34. The molecular formula is C6H17N. The summed E-state index contributed by atoms with van der Waals surface area (Å²) in [7, 11) is 4.17. The molecule has 0 fully saturated rings. The van der Waals surface area contributed by atoms with Gasteiger partial charge in [-0.1, -0.05) is 0 Å². The van der Waals surface area contributed by atoms with E-state index in [1.807, 2.05) is 0 Å². The van der Waals surface area contributed by atoms with Crippen LogP contribution in [0.2, 0.25) is 0 Å². The molecule has 0 aliphatic heterocycles. The molecule has 0 aromatic carbocycles. The van der Waals surface area contributed by atoms with Crippen LogP contribution in [0, 0.1) is 0 Å². The Morgan fingerprint density at radius 3 is 1.29 bits per heavy atom. The Bertz CT molecular complexity index is 54.0. The molecule has 1 heteroatoms.